The van der Waals surface area contributed by atoms with E-state index < -0.39 is 0 Å². The van der Waals surface area contributed by atoms with Crippen molar-refractivity contribution in [3.05, 3.63) is 65.3 Å². The van der Waals surface area contributed by atoms with Crippen LogP contribution in [0.3, 0.4) is 0 Å². The first-order valence-electron chi connectivity index (χ1n) is 7.17. The SMILES string of the molecule is C/C=C\C=C(/C)[C@@H](CC)/C(=C/C)c1ccccc1C. The van der Waals surface area contributed by atoms with Gasteiger partial charge < -0.3 is 0 Å². The van der Waals surface area contributed by atoms with Crippen LogP contribution in [-0.4, -0.2) is 0 Å². The molecule has 0 heteroatoms. The summed E-state index contributed by atoms with van der Waals surface area (Å²) in [4.78, 5) is 0. The molecule has 0 fully saturated rings. The minimum Gasteiger partial charge on any atom is -0.0877 e. The lowest BCUT2D eigenvalue weighted by Gasteiger charge is -2.21. The van der Waals surface area contributed by atoms with E-state index in [-0.39, 0.29) is 0 Å². The van der Waals surface area contributed by atoms with Gasteiger partial charge in [-0.3, -0.25) is 0 Å². The Kier molecular flexibility index (Phi) is 6.35. The second kappa shape index (κ2) is 7.78. The van der Waals surface area contributed by atoms with Crippen LogP contribution in [0.25, 0.3) is 5.57 Å². The molecule has 0 nitrogen and oxygen atoms in total. The van der Waals surface area contributed by atoms with Gasteiger partial charge in [0.25, 0.3) is 0 Å². The van der Waals surface area contributed by atoms with Crippen LogP contribution in [0.15, 0.2) is 54.1 Å². The number of rotatable bonds is 5. The van der Waals surface area contributed by atoms with Crippen molar-refractivity contribution in [3.8, 4) is 0 Å². The van der Waals surface area contributed by atoms with E-state index in [1.165, 1.54) is 22.3 Å². The standard InChI is InChI=1S/C19H26/c1-6-9-12-15(4)17(7-2)18(8-3)19-14-11-10-13-16(19)5/h6,8-14,17H,7H2,1-5H3/b9-6-,15-12+,18-8-/t17-/m1/s1. The molecular weight excluding hydrogens is 228 g/mol. The fourth-order valence-corrected chi connectivity index (χ4v) is 2.59. The van der Waals surface area contributed by atoms with Crippen LogP contribution in [0, 0.1) is 12.8 Å². The summed E-state index contributed by atoms with van der Waals surface area (Å²) < 4.78 is 0. The summed E-state index contributed by atoms with van der Waals surface area (Å²) in [6, 6.07) is 8.66. The van der Waals surface area contributed by atoms with Gasteiger partial charge in [-0.1, -0.05) is 61.1 Å². The van der Waals surface area contributed by atoms with Crippen LogP contribution in [0.2, 0.25) is 0 Å². The summed E-state index contributed by atoms with van der Waals surface area (Å²) in [5.74, 6) is 0.502. The van der Waals surface area contributed by atoms with Crippen molar-refractivity contribution in [2.24, 2.45) is 5.92 Å². The summed E-state index contributed by atoms with van der Waals surface area (Å²) in [5.41, 5.74) is 5.61. The normalized spacial score (nSPS) is 15.0. The summed E-state index contributed by atoms with van der Waals surface area (Å²) in [6.07, 6.45) is 9.84. The van der Waals surface area contributed by atoms with Crippen molar-refractivity contribution < 1.29 is 0 Å². The third-order valence-electron chi connectivity index (χ3n) is 3.65. The summed E-state index contributed by atoms with van der Waals surface area (Å²) in [7, 11) is 0. The average molecular weight is 254 g/mol. The first-order valence-corrected chi connectivity index (χ1v) is 7.17. The number of allylic oxidation sites excluding steroid dienone is 6. The second-order valence-electron chi connectivity index (χ2n) is 4.96. The van der Waals surface area contributed by atoms with Crippen LogP contribution in [0.4, 0.5) is 0 Å². The highest BCUT2D eigenvalue weighted by molar-refractivity contribution is 5.71. The number of aryl methyl sites for hydroxylation is 1. The van der Waals surface area contributed by atoms with E-state index in [4.69, 9.17) is 0 Å². The van der Waals surface area contributed by atoms with E-state index >= 15 is 0 Å². The monoisotopic (exact) mass is 254 g/mol. The first kappa shape index (κ1) is 15.5. The molecule has 0 radical (unpaired) electrons. The molecule has 0 amide bonds. The van der Waals surface area contributed by atoms with Crippen LogP contribution in [0.5, 0.6) is 0 Å². The van der Waals surface area contributed by atoms with Crippen molar-refractivity contribution in [2.75, 3.05) is 0 Å². The lowest BCUT2D eigenvalue weighted by atomic mass is 9.83. The molecule has 0 aromatic heterocycles. The van der Waals surface area contributed by atoms with Crippen LogP contribution in [-0.2, 0) is 0 Å². The predicted molar refractivity (Wildman–Crippen MR) is 87.2 cm³/mol. The molecule has 0 N–H and O–H groups in total. The number of benzene rings is 1. The van der Waals surface area contributed by atoms with Gasteiger partial charge in [0.1, 0.15) is 0 Å². The van der Waals surface area contributed by atoms with Gasteiger partial charge in [-0.2, -0.15) is 0 Å². The maximum Gasteiger partial charge on any atom is 0.00486 e. The highest BCUT2D eigenvalue weighted by atomic mass is 14.2. The molecule has 1 atom stereocenters. The fourth-order valence-electron chi connectivity index (χ4n) is 2.59. The molecule has 19 heavy (non-hydrogen) atoms. The van der Waals surface area contributed by atoms with Crippen LogP contribution >= 0.6 is 0 Å². The average Bonchev–Trinajstić information content (AvgIpc) is 2.43. The maximum absolute atomic E-state index is 2.27. The Morgan fingerprint density at radius 3 is 2.42 bits per heavy atom. The summed E-state index contributed by atoms with van der Waals surface area (Å²) in [5, 5.41) is 0. The lowest BCUT2D eigenvalue weighted by molar-refractivity contribution is 0.744. The Morgan fingerprint density at radius 2 is 1.89 bits per heavy atom. The minimum absolute atomic E-state index is 0.502. The molecule has 0 bridgehead atoms. The van der Waals surface area contributed by atoms with Gasteiger partial charge in [0.2, 0.25) is 0 Å². The van der Waals surface area contributed by atoms with Crippen molar-refractivity contribution >= 4 is 5.57 Å². The molecular formula is C19H26. The molecule has 102 valence electrons. The third kappa shape index (κ3) is 3.96. The largest absolute Gasteiger partial charge is 0.0877 e. The van der Waals surface area contributed by atoms with Gasteiger partial charge in [0, 0.05) is 5.92 Å². The molecule has 0 aliphatic rings. The Balaban J connectivity index is 3.18. The molecule has 1 aromatic rings. The van der Waals surface area contributed by atoms with E-state index in [0.29, 0.717) is 5.92 Å². The number of hydrogen-bond acceptors (Lipinski definition) is 0. The van der Waals surface area contributed by atoms with Crippen molar-refractivity contribution in [3.63, 3.8) is 0 Å². The van der Waals surface area contributed by atoms with E-state index in [9.17, 15) is 0 Å². The van der Waals surface area contributed by atoms with E-state index in [0.717, 1.165) is 6.42 Å². The Bertz CT molecular complexity index is 487. The highest BCUT2D eigenvalue weighted by Crippen LogP contribution is 2.33. The fraction of sp³-hybridized carbons (Fsp3) is 0.368. The zero-order valence-corrected chi connectivity index (χ0v) is 12.9. The highest BCUT2D eigenvalue weighted by Gasteiger charge is 2.16. The van der Waals surface area contributed by atoms with Crippen LogP contribution < -0.4 is 0 Å². The zero-order valence-electron chi connectivity index (χ0n) is 12.9. The van der Waals surface area contributed by atoms with Gasteiger partial charge in [-0.05, 0) is 50.8 Å². The molecule has 0 spiro atoms. The first-order chi connectivity index (χ1) is 9.15. The van der Waals surface area contributed by atoms with Gasteiger partial charge in [-0.25, -0.2) is 0 Å². The van der Waals surface area contributed by atoms with E-state index in [2.05, 4.69) is 83.2 Å². The molecule has 0 saturated carbocycles. The Labute approximate surface area is 118 Å². The van der Waals surface area contributed by atoms with E-state index in [1.807, 2.05) is 0 Å². The molecule has 0 aliphatic carbocycles. The number of hydrogen-bond donors (Lipinski definition) is 0. The predicted octanol–water partition coefficient (Wildman–Crippen LogP) is 5.95. The summed E-state index contributed by atoms with van der Waals surface area (Å²) >= 11 is 0. The van der Waals surface area contributed by atoms with Gasteiger partial charge >= 0.3 is 0 Å². The molecule has 0 heterocycles. The maximum atomic E-state index is 2.27. The zero-order chi connectivity index (χ0) is 14.3. The third-order valence-corrected chi connectivity index (χ3v) is 3.65. The van der Waals surface area contributed by atoms with Crippen molar-refractivity contribution in [1.29, 1.82) is 0 Å². The molecule has 1 rings (SSSR count). The van der Waals surface area contributed by atoms with Gasteiger partial charge in [-0.15, -0.1) is 0 Å². The van der Waals surface area contributed by atoms with E-state index in [1.54, 1.807) is 0 Å². The minimum atomic E-state index is 0.502. The molecule has 0 aliphatic heterocycles. The van der Waals surface area contributed by atoms with Gasteiger partial charge in [0.15, 0.2) is 0 Å². The van der Waals surface area contributed by atoms with Crippen molar-refractivity contribution in [2.45, 2.75) is 41.0 Å². The molecule has 0 unspecified atom stereocenters. The second-order valence-corrected chi connectivity index (χ2v) is 4.96. The quantitative estimate of drug-likeness (QED) is 0.570. The molecule has 1 aromatic carbocycles. The molecule has 0 saturated heterocycles. The van der Waals surface area contributed by atoms with Crippen LogP contribution in [0.1, 0.15) is 45.2 Å². The lowest BCUT2D eigenvalue weighted by Crippen LogP contribution is -2.05. The Morgan fingerprint density at radius 1 is 1.21 bits per heavy atom. The Hall–Kier alpha value is -1.56. The summed E-state index contributed by atoms with van der Waals surface area (Å²) in [6.45, 7) is 10.9. The van der Waals surface area contributed by atoms with Gasteiger partial charge in [0.05, 0.1) is 0 Å². The smallest absolute Gasteiger partial charge is 0.00486 e. The topological polar surface area (TPSA) is 0 Å². The van der Waals surface area contributed by atoms with Crippen molar-refractivity contribution in [1.82, 2.24) is 0 Å².